The highest BCUT2D eigenvalue weighted by Crippen LogP contribution is 2.28. The fourth-order valence-electron chi connectivity index (χ4n) is 4.93. The molecule has 4 aromatic carbocycles. The van der Waals surface area contributed by atoms with Crippen LogP contribution in [0.5, 0.6) is 0 Å². The van der Waals surface area contributed by atoms with E-state index >= 15 is 0 Å². The number of aromatic nitrogens is 2. The van der Waals surface area contributed by atoms with Gasteiger partial charge in [0.2, 0.25) is 0 Å². The number of nitrogens with one attached hydrogen (secondary N) is 2. The first-order chi connectivity index (χ1) is 18.6. The molecule has 5 nitrogen and oxygen atoms in total. The van der Waals surface area contributed by atoms with Crippen molar-refractivity contribution in [3.8, 4) is 0 Å². The number of rotatable bonds is 6. The largest absolute Gasteiger partial charge is 0.322 e. The maximum absolute atomic E-state index is 13.8. The molecule has 2 amide bonds. The van der Waals surface area contributed by atoms with Crippen molar-refractivity contribution in [2.24, 2.45) is 0 Å². The van der Waals surface area contributed by atoms with Crippen molar-refractivity contribution >= 4 is 59.7 Å². The minimum Gasteiger partial charge on any atom is -0.322 e. The molecule has 0 aliphatic carbocycles. The van der Waals surface area contributed by atoms with E-state index in [0.29, 0.717) is 0 Å². The van der Waals surface area contributed by atoms with E-state index in [1.165, 1.54) is 0 Å². The summed E-state index contributed by atoms with van der Waals surface area (Å²) in [7, 11) is 0. The number of benzene rings is 4. The molecule has 6 aromatic rings. The molecule has 7 heteroatoms. The molecule has 0 saturated heterocycles. The topological polar surface area (TPSA) is 51.0 Å². The zero-order chi connectivity index (χ0) is 26.1. The van der Waals surface area contributed by atoms with Crippen LogP contribution < -0.4 is 10.6 Å². The summed E-state index contributed by atoms with van der Waals surface area (Å²) in [5.41, 5.74) is 4.00. The van der Waals surface area contributed by atoms with E-state index in [9.17, 15) is 4.79 Å². The van der Waals surface area contributed by atoms with Crippen molar-refractivity contribution in [2.45, 2.75) is 12.3 Å². The lowest BCUT2D eigenvalue weighted by molar-refractivity contribution is 0.230. The van der Waals surface area contributed by atoms with Crippen LogP contribution in [0.25, 0.3) is 21.8 Å². The van der Waals surface area contributed by atoms with E-state index in [2.05, 4.69) is 88.0 Å². The lowest BCUT2D eigenvalue weighted by Crippen LogP contribution is -2.43. The van der Waals surface area contributed by atoms with E-state index in [0.717, 1.165) is 41.9 Å². The Labute approximate surface area is 237 Å². The molecule has 0 fully saturated rings. The number of carbonyl (C=O) groups excluding carboxylic acids is 1. The normalized spacial score (nSPS) is 12.9. The average molecular weight is 628 g/mol. The highest BCUT2D eigenvalue weighted by Gasteiger charge is 2.23. The summed E-state index contributed by atoms with van der Waals surface area (Å²) in [4.78, 5) is 13.8. The van der Waals surface area contributed by atoms with Gasteiger partial charge in [0.15, 0.2) is 0 Å². The maximum Gasteiger partial charge on any atom is 0.318 e. The summed E-state index contributed by atoms with van der Waals surface area (Å²) in [5, 5.41) is 8.72. The van der Waals surface area contributed by atoms with Gasteiger partial charge >= 0.3 is 6.03 Å². The van der Waals surface area contributed by atoms with Gasteiger partial charge in [-0.1, -0.05) is 92.5 Å². The van der Waals surface area contributed by atoms with Crippen LogP contribution in [0, 0.1) is 0 Å². The molecule has 0 bridgehead atoms. The lowest BCUT2D eigenvalue weighted by Gasteiger charge is -2.26. The van der Waals surface area contributed by atoms with Gasteiger partial charge in [-0.15, -0.1) is 0 Å². The quantitative estimate of drug-likeness (QED) is 0.192. The third kappa shape index (κ3) is 4.87. The monoisotopic (exact) mass is 626 g/mol. The predicted molar refractivity (Wildman–Crippen MR) is 160 cm³/mol. The molecule has 0 aliphatic heterocycles. The summed E-state index contributed by atoms with van der Waals surface area (Å²) >= 11 is 7.18. The standard InChI is InChI=1S/C31H24Br2N4O/c32-25-11-5-9-23(19-25)29(36-17-15-21-7-1-3-13-27(21)36)34-31(38)35-30(24-10-6-12-26(33)20-24)37-18-16-22-8-2-4-14-28(22)37/h1-20,29-30H,(H2,34,35,38). The minimum absolute atomic E-state index is 0.282. The molecule has 188 valence electrons. The molecule has 2 atom stereocenters. The summed E-state index contributed by atoms with van der Waals surface area (Å²) in [6.45, 7) is 0. The van der Waals surface area contributed by atoms with E-state index in [-0.39, 0.29) is 6.03 Å². The summed E-state index contributed by atoms with van der Waals surface area (Å²) < 4.78 is 6.08. The van der Waals surface area contributed by atoms with Gasteiger partial charge in [-0.2, -0.15) is 0 Å². The molecule has 0 saturated carbocycles. The molecular weight excluding hydrogens is 604 g/mol. The molecule has 6 rings (SSSR count). The number of fused-ring (bicyclic) bond motifs is 2. The van der Waals surface area contributed by atoms with Crippen LogP contribution in [0.3, 0.4) is 0 Å². The van der Waals surface area contributed by atoms with Gasteiger partial charge in [0.25, 0.3) is 0 Å². The third-order valence-corrected chi connectivity index (χ3v) is 7.67. The van der Waals surface area contributed by atoms with E-state index in [1.807, 2.05) is 85.2 Å². The van der Waals surface area contributed by atoms with Crippen molar-refractivity contribution in [3.63, 3.8) is 0 Å². The fourth-order valence-corrected chi connectivity index (χ4v) is 5.76. The molecular formula is C31H24Br2N4O. The smallest absolute Gasteiger partial charge is 0.318 e. The molecule has 2 heterocycles. The number of hydrogen-bond acceptors (Lipinski definition) is 1. The number of hydrogen-bond donors (Lipinski definition) is 2. The second kappa shape index (κ2) is 10.5. The molecule has 2 unspecified atom stereocenters. The Balaban J connectivity index is 1.38. The number of nitrogens with zero attached hydrogens (tertiary/aromatic N) is 2. The van der Waals surface area contributed by atoms with Crippen molar-refractivity contribution in [1.29, 1.82) is 0 Å². The molecule has 0 radical (unpaired) electrons. The highest BCUT2D eigenvalue weighted by molar-refractivity contribution is 9.10. The summed E-state index contributed by atoms with van der Waals surface area (Å²) in [6, 6.07) is 36.2. The Bertz CT molecular complexity index is 1630. The molecule has 38 heavy (non-hydrogen) atoms. The Morgan fingerprint density at radius 3 is 1.47 bits per heavy atom. The highest BCUT2D eigenvalue weighted by atomic mass is 79.9. The Kier molecular flexibility index (Phi) is 6.79. The first kappa shape index (κ1) is 24.5. The van der Waals surface area contributed by atoms with Crippen LogP contribution in [0.1, 0.15) is 23.5 Å². The first-order valence-electron chi connectivity index (χ1n) is 12.3. The van der Waals surface area contributed by atoms with Gasteiger partial charge in [0.05, 0.1) is 11.0 Å². The second-order valence-electron chi connectivity index (χ2n) is 9.10. The van der Waals surface area contributed by atoms with Gasteiger partial charge in [0, 0.05) is 21.3 Å². The number of carbonyl (C=O) groups is 1. The predicted octanol–water partition coefficient (Wildman–Crippen LogP) is 8.21. The van der Waals surface area contributed by atoms with Gasteiger partial charge in [-0.25, -0.2) is 4.79 Å². The van der Waals surface area contributed by atoms with Gasteiger partial charge in [0.1, 0.15) is 12.3 Å². The minimum atomic E-state index is -0.419. The van der Waals surface area contributed by atoms with Crippen LogP contribution in [0.15, 0.2) is 131 Å². The average Bonchev–Trinajstić information content (AvgIpc) is 3.55. The molecule has 0 spiro atoms. The van der Waals surface area contributed by atoms with Crippen LogP contribution >= 0.6 is 31.9 Å². The molecule has 2 aromatic heterocycles. The van der Waals surface area contributed by atoms with Crippen molar-refractivity contribution in [1.82, 2.24) is 19.8 Å². The molecule has 2 N–H and O–H groups in total. The van der Waals surface area contributed by atoms with E-state index in [4.69, 9.17) is 0 Å². The Hall–Kier alpha value is -3.81. The van der Waals surface area contributed by atoms with Gasteiger partial charge in [-0.3, -0.25) is 0 Å². The van der Waals surface area contributed by atoms with Gasteiger partial charge < -0.3 is 19.8 Å². The van der Waals surface area contributed by atoms with Crippen molar-refractivity contribution in [3.05, 3.63) is 142 Å². The number of halogens is 2. The SMILES string of the molecule is O=C(NC(c1cccc(Br)c1)n1ccc2ccccc21)NC(c1cccc(Br)c1)n1ccc2ccccc21. The number of urea groups is 1. The zero-order valence-corrected chi connectivity index (χ0v) is 23.4. The first-order valence-corrected chi connectivity index (χ1v) is 13.8. The number of para-hydroxylation sites is 2. The zero-order valence-electron chi connectivity index (χ0n) is 20.3. The van der Waals surface area contributed by atoms with E-state index in [1.54, 1.807) is 0 Å². The van der Waals surface area contributed by atoms with E-state index < -0.39 is 12.3 Å². The van der Waals surface area contributed by atoms with Crippen molar-refractivity contribution < 1.29 is 4.79 Å². The molecule has 0 aliphatic rings. The fraction of sp³-hybridized carbons (Fsp3) is 0.0645. The van der Waals surface area contributed by atoms with Crippen LogP contribution in [-0.2, 0) is 0 Å². The number of amides is 2. The Morgan fingerprint density at radius 2 is 1.03 bits per heavy atom. The van der Waals surface area contributed by atoms with Crippen LogP contribution in [-0.4, -0.2) is 15.2 Å². The second-order valence-corrected chi connectivity index (χ2v) is 10.9. The summed E-state index contributed by atoms with van der Waals surface area (Å²) in [6.07, 6.45) is 3.19. The van der Waals surface area contributed by atoms with Crippen LogP contribution in [0.4, 0.5) is 4.79 Å². The maximum atomic E-state index is 13.8. The van der Waals surface area contributed by atoms with Crippen molar-refractivity contribution in [2.75, 3.05) is 0 Å². The van der Waals surface area contributed by atoms with Gasteiger partial charge in [-0.05, 0) is 70.4 Å². The third-order valence-electron chi connectivity index (χ3n) is 6.68. The van der Waals surface area contributed by atoms with Crippen LogP contribution in [0.2, 0.25) is 0 Å². The summed E-state index contributed by atoms with van der Waals surface area (Å²) in [5.74, 6) is 0. The lowest BCUT2D eigenvalue weighted by atomic mass is 10.1. The Morgan fingerprint density at radius 1 is 0.579 bits per heavy atom.